The normalized spacial score (nSPS) is 15.0. The van der Waals surface area contributed by atoms with Crippen LogP contribution in [0.1, 0.15) is 47.3 Å². The zero-order valence-electron chi connectivity index (χ0n) is 19.3. The standard InChI is InChI=1S/C28H31N3O2/c1-20-12-14-24(15-13-20)31-18-16-23(17-19-31)27(32)30-26-11-7-6-10-25(26)28(33)29-21(2)22-8-4-3-5-9-22/h3-15,21,23H,16-19H2,1-2H3,(H,29,33)(H,30,32)/t21-/m1/s1. The third-order valence-electron chi connectivity index (χ3n) is 6.34. The topological polar surface area (TPSA) is 61.4 Å². The maximum atomic E-state index is 13.0. The van der Waals surface area contributed by atoms with Gasteiger partial charge in [0.2, 0.25) is 5.91 Å². The number of para-hydroxylation sites is 1. The Morgan fingerprint density at radius 3 is 2.21 bits per heavy atom. The van der Waals surface area contributed by atoms with Crippen molar-refractivity contribution < 1.29 is 9.59 Å². The van der Waals surface area contributed by atoms with Gasteiger partial charge in [0.25, 0.3) is 5.91 Å². The second-order valence-electron chi connectivity index (χ2n) is 8.74. The summed E-state index contributed by atoms with van der Waals surface area (Å²) < 4.78 is 0. The smallest absolute Gasteiger partial charge is 0.253 e. The number of amides is 2. The van der Waals surface area contributed by atoms with Gasteiger partial charge in [-0.05, 0) is 56.5 Å². The number of benzene rings is 3. The largest absolute Gasteiger partial charge is 0.371 e. The predicted octanol–water partition coefficient (Wildman–Crippen LogP) is 5.34. The van der Waals surface area contributed by atoms with Gasteiger partial charge in [0.05, 0.1) is 17.3 Å². The van der Waals surface area contributed by atoms with Crippen molar-refractivity contribution in [3.05, 3.63) is 95.6 Å². The molecule has 1 saturated heterocycles. The van der Waals surface area contributed by atoms with E-state index < -0.39 is 0 Å². The van der Waals surface area contributed by atoms with Gasteiger partial charge in [0.15, 0.2) is 0 Å². The number of carbonyl (C=O) groups is 2. The van der Waals surface area contributed by atoms with Crippen LogP contribution in [0.15, 0.2) is 78.9 Å². The third-order valence-corrected chi connectivity index (χ3v) is 6.34. The van der Waals surface area contributed by atoms with Crippen molar-refractivity contribution in [1.82, 2.24) is 5.32 Å². The van der Waals surface area contributed by atoms with Gasteiger partial charge in [-0.2, -0.15) is 0 Å². The van der Waals surface area contributed by atoms with E-state index in [0.29, 0.717) is 11.3 Å². The van der Waals surface area contributed by atoms with Crippen molar-refractivity contribution >= 4 is 23.2 Å². The Hall–Kier alpha value is -3.60. The highest BCUT2D eigenvalue weighted by atomic mass is 16.2. The number of nitrogens with one attached hydrogen (secondary N) is 2. The van der Waals surface area contributed by atoms with Crippen LogP contribution in [-0.2, 0) is 4.79 Å². The molecule has 0 saturated carbocycles. The number of hydrogen-bond acceptors (Lipinski definition) is 3. The van der Waals surface area contributed by atoms with E-state index in [1.165, 1.54) is 11.3 Å². The van der Waals surface area contributed by atoms with Gasteiger partial charge >= 0.3 is 0 Å². The Morgan fingerprint density at radius 2 is 1.52 bits per heavy atom. The molecule has 0 radical (unpaired) electrons. The SMILES string of the molecule is Cc1ccc(N2CCC(C(=O)Nc3ccccc3C(=O)N[C@H](C)c3ccccc3)CC2)cc1. The molecule has 2 N–H and O–H groups in total. The van der Waals surface area contributed by atoms with Crippen LogP contribution in [-0.4, -0.2) is 24.9 Å². The summed E-state index contributed by atoms with van der Waals surface area (Å²) in [6, 6.07) is 25.4. The quantitative estimate of drug-likeness (QED) is 0.543. The second kappa shape index (κ2) is 10.3. The fourth-order valence-corrected chi connectivity index (χ4v) is 4.28. The lowest BCUT2D eigenvalue weighted by Gasteiger charge is -2.33. The minimum absolute atomic E-state index is 0.0186. The van der Waals surface area contributed by atoms with Crippen molar-refractivity contribution in [2.24, 2.45) is 5.92 Å². The average molecular weight is 442 g/mol. The van der Waals surface area contributed by atoms with Crippen LogP contribution in [0.5, 0.6) is 0 Å². The summed E-state index contributed by atoms with van der Waals surface area (Å²) in [5, 5.41) is 6.05. The maximum absolute atomic E-state index is 13.0. The molecule has 1 fully saturated rings. The molecule has 1 atom stereocenters. The van der Waals surface area contributed by atoms with Crippen molar-refractivity contribution in [2.45, 2.75) is 32.7 Å². The van der Waals surface area contributed by atoms with E-state index in [0.717, 1.165) is 31.5 Å². The molecule has 33 heavy (non-hydrogen) atoms. The van der Waals surface area contributed by atoms with Crippen LogP contribution >= 0.6 is 0 Å². The van der Waals surface area contributed by atoms with Gasteiger partial charge in [-0.3, -0.25) is 9.59 Å². The van der Waals surface area contributed by atoms with E-state index in [1.807, 2.05) is 49.4 Å². The minimum Gasteiger partial charge on any atom is -0.371 e. The molecule has 3 aromatic rings. The first-order chi connectivity index (χ1) is 16.0. The number of rotatable bonds is 6. The number of piperidine rings is 1. The number of aryl methyl sites for hydroxylation is 1. The zero-order valence-corrected chi connectivity index (χ0v) is 19.3. The van der Waals surface area contributed by atoms with E-state index in [2.05, 4.69) is 46.7 Å². The lowest BCUT2D eigenvalue weighted by molar-refractivity contribution is -0.120. The average Bonchev–Trinajstić information content (AvgIpc) is 2.85. The van der Waals surface area contributed by atoms with Crippen LogP contribution in [0.2, 0.25) is 0 Å². The lowest BCUT2D eigenvalue weighted by Crippen LogP contribution is -2.38. The van der Waals surface area contributed by atoms with E-state index in [4.69, 9.17) is 0 Å². The summed E-state index contributed by atoms with van der Waals surface area (Å²) in [4.78, 5) is 28.3. The lowest BCUT2D eigenvalue weighted by atomic mass is 9.95. The summed E-state index contributed by atoms with van der Waals surface area (Å²) in [5.74, 6) is -0.280. The van der Waals surface area contributed by atoms with E-state index >= 15 is 0 Å². The van der Waals surface area contributed by atoms with Crippen molar-refractivity contribution in [1.29, 1.82) is 0 Å². The molecule has 0 bridgehead atoms. The summed E-state index contributed by atoms with van der Waals surface area (Å²) in [6.45, 7) is 5.73. The molecular formula is C28H31N3O2. The van der Waals surface area contributed by atoms with Gasteiger partial charge < -0.3 is 15.5 Å². The highest BCUT2D eigenvalue weighted by molar-refractivity contribution is 6.04. The van der Waals surface area contributed by atoms with Gasteiger partial charge in [-0.15, -0.1) is 0 Å². The molecule has 0 aromatic heterocycles. The molecule has 1 aliphatic rings. The highest BCUT2D eigenvalue weighted by Crippen LogP contribution is 2.26. The van der Waals surface area contributed by atoms with Crippen molar-refractivity contribution in [2.75, 3.05) is 23.3 Å². The summed E-state index contributed by atoms with van der Waals surface area (Å²) in [5.41, 5.74) is 4.52. The second-order valence-corrected chi connectivity index (χ2v) is 8.74. The predicted molar refractivity (Wildman–Crippen MR) is 134 cm³/mol. The molecule has 170 valence electrons. The molecule has 5 nitrogen and oxygen atoms in total. The molecule has 1 aliphatic heterocycles. The Bertz CT molecular complexity index is 1090. The van der Waals surface area contributed by atoms with Crippen LogP contribution in [0, 0.1) is 12.8 Å². The monoisotopic (exact) mass is 441 g/mol. The van der Waals surface area contributed by atoms with E-state index in [9.17, 15) is 9.59 Å². The van der Waals surface area contributed by atoms with Gasteiger partial charge in [-0.25, -0.2) is 0 Å². The van der Waals surface area contributed by atoms with Crippen LogP contribution in [0.25, 0.3) is 0 Å². The molecular weight excluding hydrogens is 410 g/mol. The van der Waals surface area contributed by atoms with Crippen molar-refractivity contribution in [3.8, 4) is 0 Å². The molecule has 0 aliphatic carbocycles. The maximum Gasteiger partial charge on any atom is 0.253 e. The Kier molecular flexibility index (Phi) is 7.08. The first-order valence-electron chi connectivity index (χ1n) is 11.6. The van der Waals surface area contributed by atoms with E-state index in [-0.39, 0.29) is 23.8 Å². The fraction of sp³-hybridized carbons (Fsp3) is 0.286. The molecule has 1 heterocycles. The molecule has 3 aromatic carbocycles. The first kappa shape index (κ1) is 22.6. The van der Waals surface area contributed by atoms with Gasteiger partial charge in [-0.1, -0.05) is 60.2 Å². The number of hydrogen-bond donors (Lipinski definition) is 2. The van der Waals surface area contributed by atoms with E-state index in [1.54, 1.807) is 12.1 Å². The van der Waals surface area contributed by atoms with Gasteiger partial charge in [0.1, 0.15) is 0 Å². The fourth-order valence-electron chi connectivity index (χ4n) is 4.28. The van der Waals surface area contributed by atoms with Crippen LogP contribution in [0.4, 0.5) is 11.4 Å². The number of anilines is 2. The molecule has 0 spiro atoms. The van der Waals surface area contributed by atoms with Gasteiger partial charge in [0, 0.05) is 24.7 Å². The van der Waals surface area contributed by atoms with Crippen LogP contribution < -0.4 is 15.5 Å². The van der Waals surface area contributed by atoms with Crippen LogP contribution in [0.3, 0.4) is 0 Å². The summed E-state index contributed by atoms with van der Waals surface area (Å²) in [6.07, 6.45) is 1.58. The number of nitrogens with zero attached hydrogens (tertiary/aromatic N) is 1. The summed E-state index contributed by atoms with van der Waals surface area (Å²) in [7, 11) is 0. The molecule has 2 amide bonds. The Morgan fingerprint density at radius 1 is 0.879 bits per heavy atom. The Labute approximate surface area is 195 Å². The Balaban J connectivity index is 1.37. The molecule has 0 unspecified atom stereocenters. The summed E-state index contributed by atoms with van der Waals surface area (Å²) >= 11 is 0. The number of carbonyl (C=O) groups excluding carboxylic acids is 2. The first-order valence-corrected chi connectivity index (χ1v) is 11.6. The zero-order chi connectivity index (χ0) is 23.2. The minimum atomic E-state index is -0.198. The highest BCUT2D eigenvalue weighted by Gasteiger charge is 2.26. The third kappa shape index (κ3) is 5.61. The molecule has 4 rings (SSSR count). The molecule has 5 heteroatoms. The van der Waals surface area contributed by atoms with Crippen molar-refractivity contribution in [3.63, 3.8) is 0 Å².